The number of fused-ring (bicyclic) bond motifs is 1. The SMILES string of the molecule is [S-]c1c[nH]c2ccccc12. The smallest absolute Gasteiger partial charge is 0.0438 e. The van der Waals surface area contributed by atoms with E-state index >= 15 is 0 Å². The summed E-state index contributed by atoms with van der Waals surface area (Å²) in [6.07, 6.45) is 1.85. The number of rotatable bonds is 0. The molecule has 0 radical (unpaired) electrons. The topological polar surface area (TPSA) is 15.8 Å². The summed E-state index contributed by atoms with van der Waals surface area (Å²) in [6, 6.07) is 8.03. The van der Waals surface area contributed by atoms with Crippen LogP contribution in [0.15, 0.2) is 35.4 Å². The first kappa shape index (κ1) is 5.74. The Morgan fingerprint density at radius 1 is 1.20 bits per heavy atom. The molecule has 0 saturated heterocycles. The van der Waals surface area contributed by atoms with Crippen LogP contribution in [0.2, 0.25) is 0 Å². The molecule has 1 nitrogen and oxygen atoms in total. The molecule has 10 heavy (non-hydrogen) atoms. The second-order valence-electron chi connectivity index (χ2n) is 2.20. The van der Waals surface area contributed by atoms with Crippen LogP contribution in [0.25, 0.3) is 10.9 Å². The maximum atomic E-state index is 5.06. The molecule has 1 N–H and O–H groups in total. The molecule has 2 heteroatoms. The van der Waals surface area contributed by atoms with Crippen LogP contribution in [-0.4, -0.2) is 4.98 Å². The van der Waals surface area contributed by atoms with Gasteiger partial charge in [0.25, 0.3) is 0 Å². The summed E-state index contributed by atoms with van der Waals surface area (Å²) < 4.78 is 0. The maximum Gasteiger partial charge on any atom is 0.0438 e. The molecule has 0 saturated carbocycles. The molecule has 0 aliphatic heterocycles. The Morgan fingerprint density at radius 2 is 2.00 bits per heavy atom. The van der Waals surface area contributed by atoms with E-state index in [9.17, 15) is 0 Å². The Hall–Kier alpha value is -1.02. The number of aromatic nitrogens is 1. The fraction of sp³-hybridized carbons (Fsp3) is 0. The van der Waals surface area contributed by atoms with E-state index < -0.39 is 0 Å². The van der Waals surface area contributed by atoms with Crippen LogP contribution in [0.4, 0.5) is 0 Å². The van der Waals surface area contributed by atoms with Crippen LogP contribution < -0.4 is 0 Å². The maximum absolute atomic E-state index is 5.06. The van der Waals surface area contributed by atoms with Gasteiger partial charge in [0.05, 0.1) is 0 Å². The third-order valence-electron chi connectivity index (χ3n) is 1.55. The van der Waals surface area contributed by atoms with Crippen molar-refractivity contribution in [2.24, 2.45) is 0 Å². The van der Waals surface area contributed by atoms with E-state index in [1.165, 1.54) is 0 Å². The van der Waals surface area contributed by atoms with Crippen molar-refractivity contribution in [3.63, 3.8) is 0 Å². The third-order valence-corrected chi connectivity index (χ3v) is 1.89. The van der Waals surface area contributed by atoms with Gasteiger partial charge < -0.3 is 17.6 Å². The highest BCUT2D eigenvalue weighted by atomic mass is 32.1. The van der Waals surface area contributed by atoms with Gasteiger partial charge in [-0.15, -0.1) is 4.90 Å². The molecule has 2 rings (SSSR count). The van der Waals surface area contributed by atoms with Crippen LogP contribution in [0.5, 0.6) is 0 Å². The lowest BCUT2D eigenvalue weighted by Gasteiger charge is -1.98. The molecule has 0 unspecified atom stereocenters. The van der Waals surface area contributed by atoms with Crippen molar-refractivity contribution < 1.29 is 0 Å². The van der Waals surface area contributed by atoms with Crippen molar-refractivity contribution >= 4 is 23.5 Å². The van der Waals surface area contributed by atoms with Crippen LogP contribution in [0.3, 0.4) is 0 Å². The quantitative estimate of drug-likeness (QED) is 0.565. The van der Waals surface area contributed by atoms with Crippen LogP contribution >= 0.6 is 0 Å². The number of H-pyrrole nitrogens is 1. The highest BCUT2D eigenvalue weighted by Gasteiger charge is 1.89. The summed E-state index contributed by atoms with van der Waals surface area (Å²) >= 11 is 5.06. The summed E-state index contributed by atoms with van der Waals surface area (Å²) in [6.45, 7) is 0. The van der Waals surface area contributed by atoms with Gasteiger partial charge in [-0.25, -0.2) is 0 Å². The molecule has 0 amide bonds. The fourth-order valence-corrected chi connectivity index (χ4v) is 1.28. The van der Waals surface area contributed by atoms with E-state index in [0.717, 1.165) is 15.8 Å². The van der Waals surface area contributed by atoms with E-state index in [1.54, 1.807) is 0 Å². The van der Waals surface area contributed by atoms with E-state index in [2.05, 4.69) is 4.98 Å². The largest absolute Gasteiger partial charge is 0.778 e. The second-order valence-corrected chi connectivity index (χ2v) is 2.64. The highest BCUT2D eigenvalue weighted by Crippen LogP contribution is 2.15. The lowest BCUT2D eigenvalue weighted by molar-refractivity contribution is 1.42. The molecule has 0 fully saturated rings. The minimum absolute atomic E-state index is 0.899. The molecule has 0 atom stereocenters. The Balaban J connectivity index is 2.93. The van der Waals surface area contributed by atoms with E-state index in [-0.39, 0.29) is 0 Å². The lowest BCUT2D eigenvalue weighted by atomic mass is 10.2. The minimum Gasteiger partial charge on any atom is -0.778 e. The standard InChI is InChI=1S/C8H7NS/c10-8-5-9-7-4-2-1-3-6(7)8/h1-5,9-10H/p-1. The van der Waals surface area contributed by atoms with Crippen LogP contribution in [0.1, 0.15) is 0 Å². The molecular weight excluding hydrogens is 142 g/mol. The average molecular weight is 148 g/mol. The molecule has 1 heterocycles. The van der Waals surface area contributed by atoms with Gasteiger partial charge in [0.1, 0.15) is 0 Å². The monoisotopic (exact) mass is 148 g/mol. The van der Waals surface area contributed by atoms with Crippen molar-refractivity contribution in [2.75, 3.05) is 0 Å². The van der Waals surface area contributed by atoms with Gasteiger partial charge in [-0.2, -0.15) is 0 Å². The molecule has 0 bridgehead atoms. The highest BCUT2D eigenvalue weighted by molar-refractivity contribution is 7.59. The summed E-state index contributed by atoms with van der Waals surface area (Å²) in [7, 11) is 0. The van der Waals surface area contributed by atoms with Crippen LogP contribution in [0, 0.1) is 0 Å². The number of para-hydroxylation sites is 1. The number of nitrogens with one attached hydrogen (secondary N) is 1. The zero-order valence-electron chi connectivity index (χ0n) is 5.29. The van der Waals surface area contributed by atoms with Gasteiger partial charge in [-0.1, -0.05) is 18.2 Å². The van der Waals surface area contributed by atoms with E-state index in [0.29, 0.717) is 0 Å². The lowest BCUT2D eigenvalue weighted by Crippen LogP contribution is -1.64. The van der Waals surface area contributed by atoms with E-state index in [1.807, 2.05) is 30.5 Å². The summed E-state index contributed by atoms with van der Waals surface area (Å²) in [5, 5.41) is 1.14. The average Bonchev–Trinajstić information content (AvgIpc) is 2.34. The fourth-order valence-electron chi connectivity index (χ4n) is 1.04. The van der Waals surface area contributed by atoms with Crippen molar-refractivity contribution in [3.8, 4) is 0 Å². The Kier molecular flexibility index (Phi) is 1.14. The normalized spacial score (nSPS) is 10.4. The minimum atomic E-state index is 0.899. The number of hydrogen-bond acceptors (Lipinski definition) is 1. The Labute approximate surface area is 64.5 Å². The molecule has 1 aromatic carbocycles. The van der Waals surface area contributed by atoms with Gasteiger partial charge in [0.2, 0.25) is 0 Å². The molecule has 2 aromatic rings. The zero-order chi connectivity index (χ0) is 6.97. The predicted molar refractivity (Wildman–Crippen MR) is 43.9 cm³/mol. The Morgan fingerprint density at radius 3 is 2.80 bits per heavy atom. The van der Waals surface area contributed by atoms with Gasteiger partial charge >= 0.3 is 0 Å². The van der Waals surface area contributed by atoms with Crippen LogP contribution in [-0.2, 0) is 12.6 Å². The molecular formula is C8H6NS-. The summed E-state index contributed by atoms with van der Waals surface area (Å²) in [5.41, 5.74) is 1.12. The second kappa shape index (κ2) is 1.99. The predicted octanol–water partition coefficient (Wildman–Crippen LogP) is 2.07. The van der Waals surface area contributed by atoms with E-state index in [4.69, 9.17) is 12.6 Å². The molecule has 50 valence electrons. The first-order valence-corrected chi connectivity index (χ1v) is 3.52. The molecule has 0 aliphatic rings. The van der Waals surface area contributed by atoms with Crippen molar-refractivity contribution in [3.05, 3.63) is 30.5 Å². The molecule has 0 spiro atoms. The molecule has 1 aromatic heterocycles. The first-order chi connectivity index (χ1) is 4.88. The first-order valence-electron chi connectivity index (χ1n) is 3.11. The van der Waals surface area contributed by atoms with Gasteiger partial charge in [0.15, 0.2) is 0 Å². The molecule has 0 aliphatic carbocycles. The number of benzene rings is 1. The van der Waals surface area contributed by atoms with Crippen molar-refractivity contribution in [2.45, 2.75) is 4.90 Å². The van der Waals surface area contributed by atoms with Gasteiger partial charge in [-0.3, -0.25) is 0 Å². The Bertz CT molecular complexity index is 351. The van der Waals surface area contributed by atoms with Crippen molar-refractivity contribution in [1.29, 1.82) is 0 Å². The summed E-state index contributed by atoms with van der Waals surface area (Å²) in [4.78, 5) is 3.98. The third kappa shape index (κ3) is 0.693. The summed E-state index contributed by atoms with van der Waals surface area (Å²) in [5.74, 6) is 0. The van der Waals surface area contributed by atoms with Crippen molar-refractivity contribution in [1.82, 2.24) is 4.98 Å². The number of hydrogen-bond donors (Lipinski definition) is 1. The van der Waals surface area contributed by atoms with Gasteiger partial charge in [-0.05, 0) is 17.6 Å². The number of aromatic amines is 1. The van der Waals surface area contributed by atoms with Gasteiger partial charge in [0, 0.05) is 5.52 Å². The zero-order valence-corrected chi connectivity index (χ0v) is 6.11.